The highest BCUT2D eigenvalue weighted by Gasteiger charge is 2.24. The first-order valence-electron chi connectivity index (χ1n) is 11.1. The van der Waals surface area contributed by atoms with E-state index in [0.717, 1.165) is 12.8 Å². The van der Waals surface area contributed by atoms with Gasteiger partial charge in [-0.05, 0) is 57.0 Å². The second-order valence-corrected chi connectivity index (χ2v) is 9.02. The van der Waals surface area contributed by atoms with E-state index >= 15 is 0 Å². The summed E-state index contributed by atoms with van der Waals surface area (Å²) in [6.07, 6.45) is 8.96. The summed E-state index contributed by atoms with van der Waals surface area (Å²) in [5.74, 6) is -0.391. The first kappa shape index (κ1) is 22.5. The number of aromatic nitrogens is 2. The molecule has 4 N–H and O–H groups in total. The fourth-order valence-corrected chi connectivity index (χ4v) is 4.19. The van der Waals surface area contributed by atoms with Crippen LogP contribution in [0.4, 0.5) is 11.4 Å². The Morgan fingerprint density at radius 2 is 2.06 bits per heavy atom. The van der Waals surface area contributed by atoms with Crippen molar-refractivity contribution in [1.82, 2.24) is 9.61 Å². The molecule has 0 aliphatic heterocycles. The van der Waals surface area contributed by atoms with E-state index in [1.807, 2.05) is 6.07 Å². The maximum Gasteiger partial charge on any atom is 0.274 e. The number of nitrogens with one attached hydrogen (secondary N) is 1. The molecule has 0 unspecified atom stereocenters. The minimum absolute atomic E-state index is 0.293. The van der Waals surface area contributed by atoms with Crippen molar-refractivity contribution >= 4 is 29.0 Å². The quantitative estimate of drug-likeness (QED) is 0.404. The summed E-state index contributed by atoms with van der Waals surface area (Å²) in [5.41, 5.74) is 8.55. The van der Waals surface area contributed by atoms with Crippen LogP contribution in [-0.4, -0.2) is 32.9 Å². The molecular weight excluding hydrogens is 416 g/mol. The highest BCUT2D eigenvalue weighted by molar-refractivity contribution is 6.05. The fraction of sp³-hybridized carbons (Fsp3) is 0.360. The number of anilines is 2. The van der Waals surface area contributed by atoms with Crippen LogP contribution in [0.25, 0.3) is 5.52 Å². The SMILES string of the molecule is CC(C)(O)c1cc(N)c(C=NC2CCCCC2)cc1NC(=O)c1ccc2cc(C#N)cnn12. The maximum atomic E-state index is 13.1. The third kappa shape index (κ3) is 4.89. The average Bonchev–Trinajstić information content (AvgIpc) is 3.22. The Morgan fingerprint density at radius 3 is 2.76 bits per heavy atom. The summed E-state index contributed by atoms with van der Waals surface area (Å²) in [7, 11) is 0. The van der Waals surface area contributed by atoms with Crippen molar-refractivity contribution in [2.24, 2.45) is 4.99 Å². The molecule has 1 aliphatic rings. The molecule has 2 aromatic heterocycles. The molecule has 0 atom stereocenters. The smallest absolute Gasteiger partial charge is 0.274 e. The topological polar surface area (TPSA) is 129 Å². The van der Waals surface area contributed by atoms with E-state index in [1.54, 1.807) is 50.4 Å². The van der Waals surface area contributed by atoms with Gasteiger partial charge in [-0.1, -0.05) is 19.3 Å². The summed E-state index contributed by atoms with van der Waals surface area (Å²) in [5, 5.41) is 26.9. The number of hydrogen-bond acceptors (Lipinski definition) is 6. The van der Waals surface area contributed by atoms with E-state index in [2.05, 4.69) is 10.4 Å². The van der Waals surface area contributed by atoms with Crippen LogP contribution in [0.15, 0.2) is 41.5 Å². The number of rotatable bonds is 5. The Hall–Kier alpha value is -3.70. The van der Waals surface area contributed by atoms with Gasteiger partial charge in [0.15, 0.2) is 0 Å². The number of benzene rings is 1. The molecule has 33 heavy (non-hydrogen) atoms. The number of carbonyl (C=O) groups is 1. The van der Waals surface area contributed by atoms with Gasteiger partial charge in [0.25, 0.3) is 5.91 Å². The number of nitrogens with zero attached hydrogens (tertiary/aromatic N) is 4. The Kier molecular flexibility index (Phi) is 6.16. The van der Waals surface area contributed by atoms with Crippen LogP contribution in [0.1, 0.15) is 73.1 Å². The van der Waals surface area contributed by atoms with Crippen LogP contribution in [0, 0.1) is 11.3 Å². The zero-order chi connectivity index (χ0) is 23.6. The van der Waals surface area contributed by atoms with Gasteiger partial charge >= 0.3 is 0 Å². The Bertz CT molecular complexity index is 1260. The molecule has 8 heteroatoms. The van der Waals surface area contributed by atoms with Gasteiger partial charge in [0.1, 0.15) is 11.8 Å². The number of nitriles is 1. The number of nitrogens with two attached hydrogens (primary N) is 1. The van der Waals surface area contributed by atoms with Crippen LogP contribution in [0.3, 0.4) is 0 Å². The highest BCUT2D eigenvalue weighted by atomic mass is 16.3. The molecule has 0 radical (unpaired) electrons. The third-order valence-electron chi connectivity index (χ3n) is 5.99. The minimum Gasteiger partial charge on any atom is -0.398 e. The number of hydrogen-bond donors (Lipinski definition) is 3. The Balaban J connectivity index is 1.67. The van der Waals surface area contributed by atoms with E-state index in [9.17, 15) is 9.90 Å². The Morgan fingerprint density at radius 1 is 1.30 bits per heavy atom. The van der Waals surface area contributed by atoms with Crippen LogP contribution in [-0.2, 0) is 5.60 Å². The standard InChI is InChI=1S/C25H28N6O2/c1-25(2,33)20-12-21(27)17(15-28-18-6-4-3-5-7-18)11-22(20)30-24(32)23-9-8-19-10-16(13-26)14-29-31(19)23/h8-12,14-15,18,33H,3-7,27H2,1-2H3,(H,30,32). The second kappa shape index (κ2) is 9.04. The van der Waals surface area contributed by atoms with Gasteiger partial charge in [-0.2, -0.15) is 10.4 Å². The van der Waals surface area contributed by atoms with Gasteiger partial charge in [0.05, 0.1) is 22.9 Å². The van der Waals surface area contributed by atoms with Gasteiger partial charge in [-0.25, -0.2) is 4.52 Å². The van der Waals surface area contributed by atoms with Crippen molar-refractivity contribution in [3.8, 4) is 6.07 Å². The summed E-state index contributed by atoms with van der Waals surface area (Å²) < 4.78 is 1.47. The first-order valence-corrected chi connectivity index (χ1v) is 11.1. The molecule has 0 saturated heterocycles. The predicted molar refractivity (Wildman–Crippen MR) is 128 cm³/mol. The molecule has 2 heterocycles. The van der Waals surface area contributed by atoms with Gasteiger partial charge in [-0.15, -0.1) is 0 Å². The number of carbonyl (C=O) groups excluding carboxylic acids is 1. The summed E-state index contributed by atoms with van der Waals surface area (Å²) in [6.45, 7) is 3.29. The lowest BCUT2D eigenvalue weighted by Gasteiger charge is -2.23. The van der Waals surface area contributed by atoms with Gasteiger partial charge in [0, 0.05) is 34.8 Å². The van der Waals surface area contributed by atoms with E-state index in [-0.39, 0.29) is 0 Å². The third-order valence-corrected chi connectivity index (χ3v) is 5.99. The average molecular weight is 445 g/mol. The molecule has 1 aromatic carbocycles. The first-order chi connectivity index (χ1) is 15.8. The lowest BCUT2D eigenvalue weighted by atomic mass is 9.93. The van der Waals surface area contributed by atoms with Gasteiger partial charge in [-0.3, -0.25) is 9.79 Å². The zero-order valence-electron chi connectivity index (χ0n) is 18.9. The molecule has 0 bridgehead atoms. The largest absolute Gasteiger partial charge is 0.398 e. The van der Waals surface area contributed by atoms with Crippen molar-refractivity contribution in [3.63, 3.8) is 0 Å². The van der Waals surface area contributed by atoms with Crippen LogP contribution in [0.5, 0.6) is 0 Å². The lowest BCUT2D eigenvalue weighted by molar-refractivity contribution is 0.0793. The molecule has 1 fully saturated rings. The molecule has 4 rings (SSSR count). The van der Waals surface area contributed by atoms with Crippen molar-refractivity contribution < 1.29 is 9.90 Å². The van der Waals surface area contributed by atoms with E-state index in [4.69, 9.17) is 16.0 Å². The van der Waals surface area contributed by atoms with E-state index in [0.29, 0.717) is 45.3 Å². The number of aliphatic hydroxyl groups is 1. The fourth-order valence-electron chi connectivity index (χ4n) is 4.19. The molecular formula is C25H28N6O2. The van der Waals surface area contributed by atoms with Crippen molar-refractivity contribution in [3.05, 3.63) is 58.9 Å². The molecule has 1 aliphatic carbocycles. The number of nitrogen functional groups attached to an aromatic ring is 1. The van der Waals surface area contributed by atoms with E-state index < -0.39 is 11.5 Å². The molecule has 170 valence electrons. The maximum absolute atomic E-state index is 13.1. The zero-order valence-corrected chi connectivity index (χ0v) is 18.9. The molecule has 1 amide bonds. The normalized spacial score (nSPS) is 15.1. The summed E-state index contributed by atoms with van der Waals surface area (Å²) in [4.78, 5) is 17.9. The monoisotopic (exact) mass is 444 g/mol. The predicted octanol–water partition coefficient (Wildman–Crippen LogP) is 4.02. The molecule has 8 nitrogen and oxygen atoms in total. The number of aliphatic imine (C=N–C) groups is 1. The summed E-state index contributed by atoms with van der Waals surface area (Å²) >= 11 is 0. The molecule has 3 aromatic rings. The van der Waals surface area contributed by atoms with Gasteiger partial charge in [0.2, 0.25) is 0 Å². The van der Waals surface area contributed by atoms with Crippen LogP contribution >= 0.6 is 0 Å². The van der Waals surface area contributed by atoms with E-state index in [1.165, 1.54) is 30.0 Å². The summed E-state index contributed by atoms with van der Waals surface area (Å²) in [6, 6.07) is 10.8. The number of amides is 1. The Labute approximate surface area is 192 Å². The highest BCUT2D eigenvalue weighted by Crippen LogP contribution is 2.32. The minimum atomic E-state index is -1.23. The number of fused-ring (bicyclic) bond motifs is 1. The molecule has 1 saturated carbocycles. The second-order valence-electron chi connectivity index (χ2n) is 9.02. The van der Waals surface area contributed by atoms with Crippen molar-refractivity contribution in [1.29, 1.82) is 5.26 Å². The van der Waals surface area contributed by atoms with Crippen molar-refractivity contribution in [2.45, 2.75) is 57.6 Å². The van der Waals surface area contributed by atoms with Crippen molar-refractivity contribution in [2.75, 3.05) is 11.1 Å². The lowest BCUT2D eigenvalue weighted by Crippen LogP contribution is -2.22. The van der Waals surface area contributed by atoms with Crippen LogP contribution in [0.2, 0.25) is 0 Å². The van der Waals surface area contributed by atoms with Crippen LogP contribution < -0.4 is 11.1 Å². The van der Waals surface area contributed by atoms with Gasteiger partial charge < -0.3 is 16.2 Å². The molecule has 0 spiro atoms.